The van der Waals surface area contributed by atoms with Crippen LogP contribution in [0.5, 0.6) is 0 Å². The second-order valence-electron chi connectivity index (χ2n) is 9.31. The zero-order valence-electron chi connectivity index (χ0n) is 20.2. The van der Waals surface area contributed by atoms with Crippen LogP contribution in [0.1, 0.15) is 21.6 Å². The first-order chi connectivity index (χ1) is 17.6. The van der Waals surface area contributed by atoms with Crippen molar-refractivity contribution in [3.63, 3.8) is 0 Å². The lowest BCUT2D eigenvalue weighted by Crippen LogP contribution is -2.49. The smallest absolute Gasteiger partial charge is 0.270 e. The molecule has 36 heavy (non-hydrogen) atoms. The molecule has 4 heterocycles. The largest absolute Gasteiger partial charge is 0.368 e. The van der Waals surface area contributed by atoms with Crippen LogP contribution in [0, 0.1) is 6.92 Å². The standard InChI is InChI=1S/C29H27N5O2/c1-21-12-13-26-30-27-24(28(35)34(26)19-21)18-25(33(27)20-22-8-4-2-5-9-22)29(36)32-16-14-31(15-17-32)23-10-6-3-7-11-23/h2-13,18-19H,14-17,20H2,1H3. The highest BCUT2D eigenvalue weighted by Gasteiger charge is 2.27. The first-order valence-corrected chi connectivity index (χ1v) is 12.2. The molecule has 0 spiro atoms. The van der Waals surface area contributed by atoms with Crippen molar-refractivity contribution in [1.82, 2.24) is 18.9 Å². The Kier molecular flexibility index (Phi) is 5.52. The van der Waals surface area contributed by atoms with E-state index in [0.717, 1.165) is 24.2 Å². The van der Waals surface area contributed by atoms with Gasteiger partial charge in [0.2, 0.25) is 0 Å². The molecule has 1 aliphatic heterocycles. The third-order valence-corrected chi connectivity index (χ3v) is 6.90. The zero-order valence-corrected chi connectivity index (χ0v) is 20.2. The molecule has 3 aromatic heterocycles. The van der Waals surface area contributed by atoms with Crippen LogP contribution in [0.2, 0.25) is 0 Å². The molecule has 0 aliphatic carbocycles. The summed E-state index contributed by atoms with van der Waals surface area (Å²) in [7, 11) is 0. The lowest BCUT2D eigenvalue weighted by atomic mass is 10.2. The third-order valence-electron chi connectivity index (χ3n) is 6.90. The van der Waals surface area contributed by atoms with E-state index in [2.05, 4.69) is 17.0 Å². The van der Waals surface area contributed by atoms with E-state index >= 15 is 0 Å². The van der Waals surface area contributed by atoms with Crippen LogP contribution in [-0.4, -0.2) is 50.9 Å². The molecule has 0 N–H and O–H groups in total. The van der Waals surface area contributed by atoms with E-state index in [4.69, 9.17) is 4.98 Å². The predicted molar refractivity (Wildman–Crippen MR) is 142 cm³/mol. The van der Waals surface area contributed by atoms with Crippen LogP contribution < -0.4 is 10.5 Å². The quantitative estimate of drug-likeness (QED) is 0.393. The molecule has 0 unspecified atom stereocenters. The number of piperazine rings is 1. The summed E-state index contributed by atoms with van der Waals surface area (Å²) in [6, 6.07) is 25.8. The Balaban J connectivity index is 1.40. The van der Waals surface area contributed by atoms with Crippen LogP contribution in [0.3, 0.4) is 0 Å². The van der Waals surface area contributed by atoms with E-state index in [0.29, 0.717) is 42.0 Å². The first-order valence-electron chi connectivity index (χ1n) is 12.2. The van der Waals surface area contributed by atoms with Gasteiger partial charge in [0.15, 0.2) is 0 Å². The van der Waals surface area contributed by atoms with Gasteiger partial charge in [-0.3, -0.25) is 14.0 Å². The first kappa shape index (κ1) is 22.1. The number of amides is 1. The summed E-state index contributed by atoms with van der Waals surface area (Å²) in [4.78, 5) is 36.3. The SMILES string of the molecule is Cc1ccc2nc3c(cc(C(=O)N4CCN(c5ccccc5)CC4)n3Cc3ccccc3)c(=O)n2c1. The number of pyridine rings is 1. The van der Waals surface area contributed by atoms with Crippen molar-refractivity contribution in [2.24, 2.45) is 0 Å². The van der Waals surface area contributed by atoms with Gasteiger partial charge in [0, 0.05) is 44.6 Å². The van der Waals surface area contributed by atoms with Gasteiger partial charge in [-0.1, -0.05) is 54.6 Å². The normalized spacial score (nSPS) is 14.0. The number of rotatable bonds is 4. The molecule has 6 rings (SSSR count). The molecule has 1 aliphatic rings. The molecule has 1 saturated heterocycles. The number of carbonyl (C=O) groups excluding carboxylic acids is 1. The predicted octanol–water partition coefficient (Wildman–Crippen LogP) is 3.97. The lowest BCUT2D eigenvalue weighted by molar-refractivity contribution is 0.0737. The molecule has 1 fully saturated rings. The van der Waals surface area contributed by atoms with Crippen LogP contribution in [0.25, 0.3) is 16.7 Å². The van der Waals surface area contributed by atoms with Crippen molar-refractivity contribution < 1.29 is 4.79 Å². The molecule has 0 bridgehead atoms. The summed E-state index contributed by atoms with van der Waals surface area (Å²) in [6.45, 7) is 5.17. The van der Waals surface area contributed by atoms with Gasteiger partial charge in [0.25, 0.3) is 11.5 Å². The molecule has 0 atom stereocenters. The number of carbonyl (C=O) groups is 1. The van der Waals surface area contributed by atoms with Crippen molar-refractivity contribution in [3.8, 4) is 0 Å². The van der Waals surface area contributed by atoms with Gasteiger partial charge in [-0.15, -0.1) is 0 Å². The van der Waals surface area contributed by atoms with Gasteiger partial charge in [0.1, 0.15) is 17.0 Å². The molecule has 7 heteroatoms. The summed E-state index contributed by atoms with van der Waals surface area (Å²) in [5, 5.41) is 0.459. The maximum absolute atomic E-state index is 13.8. The number of aromatic nitrogens is 3. The minimum absolute atomic E-state index is 0.0683. The zero-order chi connectivity index (χ0) is 24.6. The third kappa shape index (κ3) is 3.92. The number of nitrogens with zero attached hydrogens (tertiary/aromatic N) is 5. The van der Waals surface area contributed by atoms with Crippen molar-refractivity contribution in [2.75, 3.05) is 31.1 Å². The van der Waals surface area contributed by atoms with Crippen molar-refractivity contribution in [1.29, 1.82) is 0 Å². The van der Waals surface area contributed by atoms with Gasteiger partial charge in [-0.05, 0) is 42.3 Å². The van der Waals surface area contributed by atoms with Crippen LogP contribution >= 0.6 is 0 Å². The Morgan fingerprint density at radius 3 is 2.31 bits per heavy atom. The van der Waals surface area contributed by atoms with E-state index < -0.39 is 0 Å². The number of fused-ring (bicyclic) bond motifs is 2. The molecule has 2 aromatic carbocycles. The van der Waals surface area contributed by atoms with E-state index in [9.17, 15) is 9.59 Å². The second kappa shape index (κ2) is 9.00. The van der Waals surface area contributed by atoms with E-state index in [1.165, 1.54) is 5.69 Å². The van der Waals surface area contributed by atoms with E-state index in [1.54, 1.807) is 16.7 Å². The highest BCUT2D eigenvalue weighted by atomic mass is 16.2. The molecule has 7 nitrogen and oxygen atoms in total. The molecule has 1 amide bonds. The highest BCUT2D eigenvalue weighted by molar-refractivity contribution is 5.98. The van der Waals surface area contributed by atoms with Crippen molar-refractivity contribution >= 4 is 28.3 Å². The number of anilines is 1. The van der Waals surface area contributed by atoms with Gasteiger partial charge in [0.05, 0.1) is 5.39 Å². The average Bonchev–Trinajstić information content (AvgIpc) is 3.28. The minimum Gasteiger partial charge on any atom is -0.368 e. The van der Waals surface area contributed by atoms with Gasteiger partial charge >= 0.3 is 0 Å². The fraction of sp³-hybridized carbons (Fsp3) is 0.207. The molecule has 5 aromatic rings. The van der Waals surface area contributed by atoms with Crippen molar-refractivity contribution in [3.05, 3.63) is 112 Å². The molecular weight excluding hydrogens is 450 g/mol. The fourth-order valence-corrected chi connectivity index (χ4v) is 4.98. The minimum atomic E-state index is -0.159. The maximum Gasteiger partial charge on any atom is 0.270 e. The monoisotopic (exact) mass is 477 g/mol. The summed E-state index contributed by atoms with van der Waals surface area (Å²) in [5.74, 6) is -0.0683. The maximum atomic E-state index is 13.8. The van der Waals surface area contributed by atoms with Crippen molar-refractivity contribution in [2.45, 2.75) is 13.5 Å². The van der Waals surface area contributed by atoms with Gasteiger partial charge in [-0.2, -0.15) is 0 Å². The molecule has 0 saturated carbocycles. The molecular formula is C29H27N5O2. The van der Waals surface area contributed by atoms with Gasteiger partial charge < -0.3 is 14.4 Å². The average molecular weight is 478 g/mol. The molecule has 0 radical (unpaired) electrons. The second-order valence-corrected chi connectivity index (χ2v) is 9.31. The summed E-state index contributed by atoms with van der Waals surface area (Å²) in [6.07, 6.45) is 1.79. The number of hydrogen-bond donors (Lipinski definition) is 0. The summed E-state index contributed by atoms with van der Waals surface area (Å²) < 4.78 is 3.47. The highest BCUT2D eigenvalue weighted by Crippen LogP contribution is 2.22. The fourth-order valence-electron chi connectivity index (χ4n) is 4.98. The molecule has 180 valence electrons. The summed E-state index contributed by atoms with van der Waals surface area (Å²) >= 11 is 0. The van der Waals surface area contributed by atoms with Crippen LogP contribution in [0.4, 0.5) is 5.69 Å². The van der Waals surface area contributed by atoms with Gasteiger partial charge in [-0.25, -0.2) is 4.98 Å². The van der Waals surface area contributed by atoms with E-state index in [-0.39, 0.29) is 11.5 Å². The Morgan fingerprint density at radius 1 is 0.889 bits per heavy atom. The number of hydrogen-bond acceptors (Lipinski definition) is 4. The summed E-state index contributed by atoms with van der Waals surface area (Å²) in [5.41, 5.74) is 4.64. The van der Waals surface area contributed by atoms with E-state index in [1.807, 2.05) is 77.1 Å². The number of aryl methyl sites for hydroxylation is 1. The number of para-hydroxylation sites is 1. The van der Waals surface area contributed by atoms with Crippen LogP contribution in [0.15, 0.2) is 89.9 Å². The Bertz CT molecular complexity index is 1610. The topological polar surface area (TPSA) is 62.9 Å². The lowest BCUT2D eigenvalue weighted by Gasteiger charge is -2.36. The Labute approximate surface area is 208 Å². The Hall–Kier alpha value is -4.39. The number of benzene rings is 2. The van der Waals surface area contributed by atoms with Crippen LogP contribution in [-0.2, 0) is 6.54 Å². The Morgan fingerprint density at radius 2 is 1.58 bits per heavy atom.